The van der Waals surface area contributed by atoms with Crippen LogP contribution < -0.4 is 10.6 Å². The lowest BCUT2D eigenvalue weighted by Crippen LogP contribution is -2.38. The standard InChI is InChI=1S/C18H25N5O/c1-11-3-4-22(8-11)13-5-12(2)16-20-17(21-23(16)9-13)18-6-14(19)15(7-18)24-10-18/h5,9,11,14-15H,3-4,6-8,10,19H2,1-2H3/t11?,14?,15-,18?/m1/s1. The summed E-state index contributed by atoms with van der Waals surface area (Å²) in [4.78, 5) is 7.33. The SMILES string of the molecule is Cc1cc(N2CCC(C)C2)cn2nc(C34CO[C@H](C3)C(N)C4)nc12. The van der Waals surface area contributed by atoms with Crippen LogP contribution in [0, 0.1) is 12.8 Å². The molecular formula is C18H25N5O. The first kappa shape index (κ1) is 14.7. The molecule has 4 atom stereocenters. The number of aromatic nitrogens is 3. The van der Waals surface area contributed by atoms with Crippen LogP contribution in [0.2, 0.25) is 0 Å². The number of hydrogen-bond acceptors (Lipinski definition) is 5. The van der Waals surface area contributed by atoms with Crippen LogP contribution in [0.15, 0.2) is 12.3 Å². The quantitative estimate of drug-likeness (QED) is 0.908. The number of nitrogens with two attached hydrogens (primary N) is 1. The van der Waals surface area contributed by atoms with Crippen molar-refractivity contribution < 1.29 is 4.74 Å². The molecule has 3 fully saturated rings. The molecule has 0 spiro atoms. The molecule has 1 saturated carbocycles. The lowest BCUT2D eigenvalue weighted by atomic mass is 9.87. The minimum Gasteiger partial charge on any atom is -0.376 e. The summed E-state index contributed by atoms with van der Waals surface area (Å²) in [6.45, 7) is 7.40. The van der Waals surface area contributed by atoms with E-state index in [9.17, 15) is 0 Å². The highest BCUT2D eigenvalue weighted by molar-refractivity contribution is 5.57. The summed E-state index contributed by atoms with van der Waals surface area (Å²) in [5, 5.41) is 4.85. The third-order valence-electron chi connectivity index (χ3n) is 6.14. The number of ether oxygens (including phenoxy) is 1. The topological polar surface area (TPSA) is 68.7 Å². The van der Waals surface area contributed by atoms with Crippen LogP contribution in [0.25, 0.3) is 5.65 Å². The molecule has 6 heteroatoms. The Hall–Kier alpha value is -1.66. The van der Waals surface area contributed by atoms with Crippen molar-refractivity contribution >= 4 is 11.3 Å². The van der Waals surface area contributed by atoms with Gasteiger partial charge < -0.3 is 15.4 Å². The first-order chi connectivity index (χ1) is 11.5. The fourth-order valence-electron chi connectivity index (χ4n) is 4.71. The number of hydrogen-bond donors (Lipinski definition) is 1. The zero-order valence-electron chi connectivity index (χ0n) is 14.4. The Morgan fingerprint density at radius 1 is 1.38 bits per heavy atom. The monoisotopic (exact) mass is 327 g/mol. The average Bonchev–Trinajstić information content (AvgIpc) is 3.28. The first-order valence-corrected chi connectivity index (χ1v) is 9.04. The fraction of sp³-hybridized carbons (Fsp3) is 0.667. The van der Waals surface area contributed by atoms with Crippen molar-refractivity contribution in [3.05, 3.63) is 23.7 Å². The van der Waals surface area contributed by atoms with Crippen LogP contribution in [0.4, 0.5) is 5.69 Å². The number of aryl methyl sites for hydroxylation is 1. The third-order valence-corrected chi connectivity index (χ3v) is 6.14. The summed E-state index contributed by atoms with van der Waals surface area (Å²) < 4.78 is 7.81. The Morgan fingerprint density at radius 3 is 2.92 bits per heavy atom. The highest BCUT2D eigenvalue weighted by Gasteiger charge is 2.54. The van der Waals surface area contributed by atoms with E-state index in [2.05, 4.69) is 31.0 Å². The van der Waals surface area contributed by atoms with Crippen molar-refractivity contribution in [2.24, 2.45) is 11.7 Å². The van der Waals surface area contributed by atoms with Gasteiger partial charge in [-0.05, 0) is 43.7 Å². The van der Waals surface area contributed by atoms with Gasteiger partial charge in [0, 0.05) is 19.1 Å². The Morgan fingerprint density at radius 2 is 2.25 bits per heavy atom. The van der Waals surface area contributed by atoms with Gasteiger partial charge in [-0.15, -0.1) is 0 Å². The van der Waals surface area contributed by atoms with E-state index < -0.39 is 0 Å². The van der Waals surface area contributed by atoms with E-state index in [1.807, 2.05) is 4.52 Å². The molecule has 3 unspecified atom stereocenters. The second kappa shape index (κ2) is 4.92. The van der Waals surface area contributed by atoms with Gasteiger partial charge in [0.25, 0.3) is 0 Å². The molecule has 6 nitrogen and oxygen atoms in total. The highest BCUT2D eigenvalue weighted by Crippen LogP contribution is 2.46. The summed E-state index contributed by atoms with van der Waals surface area (Å²) in [7, 11) is 0. The normalized spacial score (nSPS) is 35.5. The van der Waals surface area contributed by atoms with Gasteiger partial charge in [0.05, 0.1) is 30.0 Å². The highest BCUT2D eigenvalue weighted by atomic mass is 16.5. The fourth-order valence-corrected chi connectivity index (χ4v) is 4.71. The lowest BCUT2D eigenvalue weighted by Gasteiger charge is -2.25. The van der Waals surface area contributed by atoms with Gasteiger partial charge in [0.15, 0.2) is 11.5 Å². The van der Waals surface area contributed by atoms with Crippen LogP contribution in [-0.4, -0.2) is 46.4 Å². The molecule has 2 bridgehead atoms. The number of nitrogens with zero attached hydrogens (tertiary/aromatic N) is 4. The summed E-state index contributed by atoms with van der Waals surface area (Å²) in [6.07, 6.45) is 5.47. The molecule has 4 heterocycles. The van der Waals surface area contributed by atoms with Crippen molar-refractivity contribution in [2.75, 3.05) is 24.6 Å². The molecule has 2 saturated heterocycles. The van der Waals surface area contributed by atoms with Gasteiger partial charge in [-0.1, -0.05) is 6.92 Å². The van der Waals surface area contributed by atoms with E-state index in [-0.39, 0.29) is 17.6 Å². The molecular weight excluding hydrogens is 302 g/mol. The minimum absolute atomic E-state index is 0.0785. The average molecular weight is 327 g/mol. The van der Waals surface area contributed by atoms with E-state index in [1.165, 1.54) is 17.7 Å². The van der Waals surface area contributed by atoms with Gasteiger partial charge in [-0.3, -0.25) is 0 Å². The number of pyridine rings is 1. The molecule has 2 aliphatic heterocycles. The Labute approximate surface area is 142 Å². The van der Waals surface area contributed by atoms with E-state index >= 15 is 0 Å². The summed E-state index contributed by atoms with van der Waals surface area (Å²) in [5.74, 6) is 1.67. The van der Waals surface area contributed by atoms with Crippen LogP contribution in [0.1, 0.15) is 37.6 Å². The molecule has 0 radical (unpaired) electrons. The maximum atomic E-state index is 6.19. The zero-order valence-corrected chi connectivity index (χ0v) is 14.4. The smallest absolute Gasteiger partial charge is 0.160 e. The third kappa shape index (κ3) is 2.02. The van der Waals surface area contributed by atoms with Crippen molar-refractivity contribution in [1.29, 1.82) is 0 Å². The van der Waals surface area contributed by atoms with E-state index in [1.54, 1.807) is 0 Å². The molecule has 3 aliphatic rings. The maximum absolute atomic E-state index is 6.19. The van der Waals surface area contributed by atoms with Crippen molar-refractivity contribution in [3.63, 3.8) is 0 Å². The number of fused-ring (bicyclic) bond motifs is 3. The predicted molar refractivity (Wildman–Crippen MR) is 92.3 cm³/mol. The Kier molecular flexibility index (Phi) is 3.01. The second-order valence-corrected chi connectivity index (χ2v) is 8.13. The molecule has 2 N–H and O–H groups in total. The summed E-state index contributed by atoms with van der Waals surface area (Å²) >= 11 is 0. The predicted octanol–water partition coefficient (Wildman–Crippen LogP) is 1.64. The maximum Gasteiger partial charge on any atom is 0.160 e. The van der Waals surface area contributed by atoms with E-state index in [0.717, 1.165) is 43.3 Å². The van der Waals surface area contributed by atoms with Gasteiger partial charge in [0.2, 0.25) is 0 Å². The molecule has 24 heavy (non-hydrogen) atoms. The van der Waals surface area contributed by atoms with Crippen LogP contribution >= 0.6 is 0 Å². The molecule has 2 aromatic rings. The molecule has 2 aromatic heterocycles. The van der Waals surface area contributed by atoms with E-state index in [4.69, 9.17) is 20.6 Å². The van der Waals surface area contributed by atoms with E-state index in [0.29, 0.717) is 6.61 Å². The van der Waals surface area contributed by atoms with Crippen molar-refractivity contribution in [2.45, 2.75) is 50.7 Å². The Balaban J connectivity index is 1.55. The molecule has 128 valence electrons. The molecule has 0 aromatic carbocycles. The first-order valence-electron chi connectivity index (χ1n) is 9.04. The van der Waals surface area contributed by atoms with Crippen molar-refractivity contribution in [3.8, 4) is 0 Å². The second-order valence-electron chi connectivity index (χ2n) is 8.13. The molecule has 1 aliphatic carbocycles. The van der Waals surface area contributed by atoms with Gasteiger partial charge in [-0.2, -0.15) is 5.10 Å². The van der Waals surface area contributed by atoms with Gasteiger partial charge in [0.1, 0.15) is 0 Å². The largest absolute Gasteiger partial charge is 0.376 e. The minimum atomic E-state index is -0.0785. The number of anilines is 1. The van der Waals surface area contributed by atoms with Gasteiger partial charge >= 0.3 is 0 Å². The Bertz CT molecular complexity index is 798. The van der Waals surface area contributed by atoms with Gasteiger partial charge in [-0.25, -0.2) is 9.50 Å². The van der Waals surface area contributed by atoms with Crippen LogP contribution in [-0.2, 0) is 10.2 Å². The summed E-state index contributed by atoms with van der Waals surface area (Å²) in [5.41, 5.74) is 9.50. The lowest BCUT2D eigenvalue weighted by molar-refractivity contribution is 0.0536. The molecule has 5 rings (SSSR count). The summed E-state index contributed by atoms with van der Waals surface area (Å²) in [6, 6.07) is 2.37. The molecule has 0 amide bonds. The van der Waals surface area contributed by atoms with Crippen LogP contribution in [0.3, 0.4) is 0 Å². The number of rotatable bonds is 2. The van der Waals surface area contributed by atoms with Crippen molar-refractivity contribution in [1.82, 2.24) is 14.6 Å². The zero-order chi connectivity index (χ0) is 16.5. The van der Waals surface area contributed by atoms with Crippen LogP contribution in [0.5, 0.6) is 0 Å².